The van der Waals surface area contributed by atoms with Crippen LogP contribution in [0.15, 0.2) is 42.7 Å². The van der Waals surface area contributed by atoms with E-state index in [0.717, 1.165) is 12.0 Å². The molecular weight excluding hydrogens is 330 g/mol. The van der Waals surface area contributed by atoms with Crippen molar-refractivity contribution in [1.82, 2.24) is 14.9 Å². The molecule has 1 fully saturated rings. The van der Waals surface area contributed by atoms with Gasteiger partial charge in [0.05, 0.1) is 30.6 Å². The van der Waals surface area contributed by atoms with Gasteiger partial charge in [-0.05, 0) is 5.56 Å². The lowest BCUT2D eigenvalue weighted by Gasteiger charge is -2.16. The molecule has 1 amide bonds. The first-order chi connectivity index (χ1) is 11.7. The highest BCUT2D eigenvalue weighted by molar-refractivity contribution is 6.30. The van der Waals surface area contributed by atoms with E-state index in [9.17, 15) is 4.79 Å². The zero-order chi connectivity index (χ0) is 16.8. The maximum absolute atomic E-state index is 12.2. The van der Waals surface area contributed by atoms with Crippen LogP contribution in [0.25, 0.3) is 0 Å². The Morgan fingerprint density at radius 2 is 2.00 bits per heavy atom. The molecule has 6 nitrogen and oxygen atoms in total. The van der Waals surface area contributed by atoms with E-state index in [0.29, 0.717) is 24.7 Å². The number of rotatable bonds is 6. The molecule has 24 heavy (non-hydrogen) atoms. The molecular formula is C17H18ClN3O3. The summed E-state index contributed by atoms with van der Waals surface area (Å²) in [5.74, 6) is -0.0333. The van der Waals surface area contributed by atoms with Crippen LogP contribution in [0.4, 0.5) is 0 Å². The summed E-state index contributed by atoms with van der Waals surface area (Å²) in [6.45, 7) is 1.66. The molecule has 1 saturated heterocycles. The Balaban J connectivity index is 1.41. The van der Waals surface area contributed by atoms with E-state index in [4.69, 9.17) is 21.1 Å². The highest BCUT2D eigenvalue weighted by Crippen LogP contribution is 2.16. The Hall–Kier alpha value is -2.18. The molecule has 2 heterocycles. The molecule has 0 unspecified atom stereocenters. The first-order valence-corrected chi connectivity index (χ1v) is 8.12. The van der Waals surface area contributed by atoms with E-state index in [1.54, 1.807) is 4.90 Å². The Labute approximate surface area is 145 Å². The van der Waals surface area contributed by atoms with Crippen molar-refractivity contribution < 1.29 is 14.3 Å². The van der Waals surface area contributed by atoms with Crippen LogP contribution in [0, 0.1) is 0 Å². The lowest BCUT2D eigenvalue weighted by Crippen LogP contribution is -2.33. The molecule has 1 atom stereocenters. The smallest absolute Gasteiger partial charge is 0.316 e. The molecule has 2 aromatic rings. The quantitative estimate of drug-likeness (QED) is 0.802. The fourth-order valence-corrected chi connectivity index (χ4v) is 2.58. The van der Waals surface area contributed by atoms with Crippen molar-refractivity contribution >= 4 is 17.5 Å². The Bertz CT molecular complexity index is 667. The summed E-state index contributed by atoms with van der Waals surface area (Å²) in [5.41, 5.74) is 1.05. The van der Waals surface area contributed by atoms with Gasteiger partial charge >= 0.3 is 6.01 Å². The number of ether oxygens (including phenoxy) is 2. The third-order valence-electron chi connectivity index (χ3n) is 3.70. The van der Waals surface area contributed by atoms with E-state index in [1.807, 2.05) is 30.3 Å². The predicted molar refractivity (Wildman–Crippen MR) is 88.8 cm³/mol. The lowest BCUT2D eigenvalue weighted by atomic mass is 10.2. The number of likely N-dealkylation sites (tertiary alicyclic amines) is 1. The standard InChI is InChI=1S/C17H18ClN3O3/c18-14-8-19-17(20-9-14)24-15-6-7-21(10-15)16(22)12-23-11-13-4-2-1-3-5-13/h1-5,8-9,15H,6-7,10-12H2/t15-/m0/s1. The molecule has 0 aliphatic carbocycles. The van der Waals surface area contributed by atoms with Crippen LogP contribution in [0.1, 0.15) is 12.0 Å². The van der Waals surface area contributed by atoms with Gasteiger partial charge in [-0.3, -0.25) is 4.79 Å². The number of hydrogen-bond acceptors (Lipinski definition) is 5. The normalized spacial score (nSPS) is 17.0. The first kappa shape index (κ1) is 16.7. The number of halogens is 1. The molecule has 7 heteroatoms. The molecule has 1 aromatic carbocycles. The Morgan fingerprint density at radius 3 is 2.75 bits per heavy atom. The van der Waals surface area contributed by atoms with Gasteiger partial charge in [0.15, 0.2) is 0 Å². The molecule has 3 rings (SSSR count). The van der Waals surface area contributed by atoms with E-state index >= 15 is 0 Å². The van der Waals surface area contributed by atoms with Gasteiger partial charge in [-0.15, -0.1) is 0 Å². The third-order valence-corrected chi connectivity index (χ3v) is 3.90. The molecule has 0 bridgehead atoms. The van der Waals surface area contributed by atoms with Gasteiger partial charge in [0.25, 0.3) is 0 Å². The number of aromatic nitrogens is 2. The number of nitrogens with zero attached hydrogens (tertiary/aromatic N) is 3. The van der Waals surface area contributed by atoms with Crippen LogP contribution in [-0.4, -0.2) is 46.6 Å². The predicted octanol–water partition coefficient (Wildman–Crippen LogP) is 2.33. The zero-order valence-corrected chi connectivity index (χ0v) is 13.9. The van der Waals surface area contributed by atoms with Gasteiger partial charge in [0.2, 0.25) is 5.91 Å². The van der Waals surface area contributed by atoms with Crippen LogP contribution < -0.4 is 4.74 Å². The summed E-state index contributed by atoms with van der Waals surface area (Å²) in [7, 11) is 0. The second-order valence-electron chi connectivity index (χ2n) is 5.53. The van der Waals surface area contributed by atoms with Crippen molar-refractivity contribution in [3.8, 4) is 6.01 Å². The molecule has 1 aromatic heterocycles. The van der Waals surface area contributed by atoms with Crippen LogP contribution in [-0.2, 0) is 16.1 Å². The van der Waals surface area contributed by atoms with E-state index < -0.39 is 0 Å². The van der Waals surface area contributed by atoms with Crippen molar-refractivity contribution in [2.45, 2.75) is 19.1 Å². The third kappa shape index (κ3) is 4.66. The van der Waals surface area contributed by atoms with Gasteiger partial charge in [-0.25, -0.2) is 9.97 Å². The average molecular weight is 348 g/mol. The summed E-state index contributed by atoms with van der Waals surface area (Å²) in [4.78, 5) is 21.9. The fraction of sp³-hybridized carbons (Fsp3) is 0.353. The maximum atomic E-state index is 12.2. The van der Waals surface area contributed by atoms with Gasteiger partial charge in [-0.2, -0.15) is 0 Å². The second-order valence-corrected chi connectivity index (χ2v) is 5.97. The van der Waals surface area contributed by atoms with Crippen molar-refractivity contribution in [2.75, 3.05) is 19.7 Å². The summed E-state index contributed by atoms with van der Waals surface area (Å²) >= 11 is 5.74. The Morgan fingerprint density at radius 1 is 1.25 bits per heavy atom. The monoisotopic (exact) mass is 347 g/mol. The summed E-state index contributed by atoms with van der Waals surface area (Å²) in [6, 6.07) is 10.1. The second kappa shape index (κ2) is 8.08. The van der Waals surface area contributed by atoms with Crippen molar-refractivity contribution in [3.63, 3.8) is 0 Å². The zero-order valence-electron chi connectivity index (χ0n) is 13.1. The van der Waals surface area contributed by atoms with Gasteiger partial charge in [0.1, 0.15) is 12.7 Å². The minimum absolute atomic E-state index is 0.0333. The number of carbonyl (C=O) groups is 1. The average Bonchev–Trinajstić information content (AvgIpc) is 3.06. The van der Waals surface area contributed by atoms with E-state index in [2.05, 4.69) is 9.97 Å². The number of hydrogen-bond donors (Lipinski definition) is 0. The largest absolute Gasteiger partial charge is 0.458 e. The minimum atomic E-state index is -0.107. The van der Waals surface area contributed by atoms with Gasteiger partial charge < -0.3 is 14.4 Å². The number of carbonyl (C=O) groups excluding carboxylic acids is 1. The number of amides is 1. The topological polar surface area (TPSA) is 64.5 Å². The van der Waals surface area contributed by atoms with Crippen LogP contribution in [0.3, 0.4) is 0 Å². The first-order valence-electron chi connectivity index (χ1n) is 7.74. The fourth-order valence-electron chi connectivity index (χ4n) is 2.48. The summed E-state index contributed by atoms with van der Waals surface area (Å²) < 4.78 is 11.2. The summed E-state index contributed by atoms with van der Waals surface area (Å²) in [6.07, 6.45) is 3.61. The highest BCUT2D eigenvalue weighted by Gasteiger charge is 2.28. The number of benzene rings is 1. The molecule has 126 valence electrons. The molecule has 1 aliphatic heterocycles. The minimum Gasteiger partial charge on any atom is -0.458 e. The van der Waals surface area contributed by atoms with Crippen molar-refractivity contribution in [2.24, 2.45) is 0 Å². The van der Waals surface area contributed by atoms with Crippen LogP contribution in [0.5, 0.6) is 6.01 Å². The molecule has 0 saturated carbocycles. The van der Waals surface area contributed by atoms with Gasteiger partial charge in [0, 0.05) is 13.0 Å². The van der Waals surface area contributed by atoms with Crippen molar-refractivity contribution in [1.29, 1.82) is 0 Å². The van der Waals surface area contributed by atoms with E-state index in [-0.39, 0.29) is 24.6 Å². The van der Waals surface area contributed by atoms with E-state index in [1.165, 1.54) is 12.4 Å². The maximum Gasteiger partial charge on any atom is 0.316 e. The summed E-state index contributed by atoms with van der Waals surface area (Å²) in [5, 5.41) is 0.459. The molecule has 0 N–H and O–H groups in total. The van der Waals surface area contributed by atoms with Crippen molar-refractivity contribution in [3.05, 3.63) is 53.3 Å². The van der Waals surface area contributed by atoms with Crippen LogP contribution in [0.2, 0.25) is 5.02 Å². The lowest BCUT2D eigenvalue weighted by molar-refractivity contribution is -0.135. The molecule has 1 aliphatic rings. The molecule has 0 spiro atoms. The molecule has 0 radical (unpaired) electrons. The highest BCUT2D eigenvalue weighted by atomic mass is 35.5. The van der Waals surface area contributed by atoms with Crippen LogP contribution >= 0.6 is 11.6 Å². The SMILES string of the molecule is O=C(COCc1ccccc1)N1CC[C@H](Oc2ncc(Cl)cn2)C1. The van der Waals surface area contributed by atoms with Gasteiger partial charge in [-0.1, -0.05) is 41.9 Å². The Kier molecular flexibility index (Phi) is 5.61.